The van der Waals surface area contributed by atoms with E-state index in [0.717, 1.165) is 6.20 Å². The number of sulfonamides is 1. The number of hydrogen-bond donors (Lipinski definition) is 1. The van der Waals surface area contributed by atoms with Gasteiger partial charge in [-0.25, -0.2) is 18.1 Å². The van der Waals surface area contributed by atoms with E-state index in [1.54, 1.807) is 0 Å². The van der Waals surface area contributed by atoms with Crippen molar-refractivity contribution in [1.29, 1.82) is 0 Å². The van der Waals surface area contributed by atoms with Crippen LogP contribution < -0.4 is 4.72 Å². The summed E-state index contributed by atoms with van der Waals surface area (Å²) in [5, 5.41) is 0.142. The van der Waals surface area contributed by atoms with Crippen LogP contribution >= 0.6 is 23.2 Å². The van der Waals surface area contributed by atoms with Gasteiger partial charge < -0.3 is 9.47 Å². The normalized spacial score (nSPS) is 23.1. The lowest BCUT2D eigenvalue weighted by atomic mass is 10.0. The van der Waals surface area contributed by atoms with Gasteiger partial charge in [0.25, 0.3) is 0 Å². The Bertz CT molecular complexity index is 588. The molecule has 2 rings (SSSR count). The van der Waals surface area contributed by atoms with Crippen LogP contribution in [-0.2, 0) is 19.5 Å². The lowest BCUT2D eigenvalue weighted by Crippen LogP contribution is -2.44. The van der Waals surface area contributed by atoms with E-state index in [9.17, 15) is 8.42 Å². The molecule has 9 heteroatoms. The summed E-state index contributed by atoms with van der Waals surface area (Å²) in [5.41, 5.74) is -0.628. The molecule has 0 bridgehead atoms. The van der Waals surface area contributed by atoms with Gasteiger partial charge in [0.1, 0.15) is 15.6 Å². The number of methoxy groups -OCH3 is 1. The Hall–Kier alpha value is -0.440. The molecule has 1 unspecified atom stereocenters. The van der Waals surface area contributed by atoms with Crippen LogP contribution in [0.5, 0.6) is 0 Å². The molecule has 0 aliphatic carbocycles. The second-order valence-electron chi connectivity index (χ2n) is 4.46. The zero-order chi connectivity index (χ0) is 14.8. The Kier molecular flexibility index (Phi) is 4.88. The average molecular weight is 341 g/mol. The summed E-state index contributed by atoms with van der Waals surface area (Å²) in [6.07, 6.45) is 1.78. The van der Waals surface area contributed by atoms with Crippen LogP contribution in [0.3, 0.4) is 0 Å². The fourth-order valence-corrected chi connectivity index (χ4v) is 3.24. The third-order valence-corrected chi connectivity index (χ3v) is 5.22. The molecule has 6 nitrogen and oxygen atoms in total. The molecule has 0 spiro atoms. The number of ether oxygens (including phenoxy) is 2. The van der Waals surface area contributed by atoms with Gasteiger partial charge in [-0.3, -0.25) is 0 Å². The first-order valence-corrected chi connectivity index (χ1v) is 8.06. The molecule has 1 aromatic heterocycles. The van der Waals surface area contributed by atoms with Crippen LogP contribution in [0.25, 0.3) is 0 Å². The number of nitrogens with one attached hydrogen (secondary N) is 1. The molecule has 0 aromatic carbocycles. The van der Waals surface area contributed by atoms with E-state index in [1.165, 1.54) is 13.2 Å². The molecule has 0 amide bonds. The number of aromatic nitrogens is 1. The molecule has 0 saturated carbocycles. The fourth-order valence-electron chi connectivity index (χ4n) is 1.82. The first kappa shape index (κ1) is 15.9. The van der Waals surface area contributed by atoms with Crippen LogP contribution in [0.2, 0.25) is 10.2 Å². The van der Waals surface area contributed by atoms with Crippen molar-refractivity contribution in [2.24, 2.45) is 0 Å². The van der Waals surface area contributed by atoms with E-state index in [4.69, 9.17) is 32.7 Å². The summed E-state index contributed by atoms with van der Waals surface area (Å²) in [4.78, 5) is 3.68. The number of rotatable bonds is 5. The lowest BCUT2D eigenvalue weighted by molar-refractivity contribution is -0.0120. The Labute approximate surface area is 127 Å². The third kappa shape index (κ3) is 3.41. The highest BCUT2D eigenvalue weighted by atomic mass is 35.5. The van der Waals surface area contributed by atoms with Crippen molar-refractivity contribution in [2.75, 3.05) is 26.9 Å². The van der Waals surface area contributed by atoms with Crippen molar-refractivity contribution in [3.63, 3.8) is 0 Å². The van der Waals surface area contributed by atoms with Gasteiger partial charge in [0.05, 0.1) is 11.6 Å². The molecular formula is C11H14Cl2N2O4S. The smallest absolute Gasteiger partial charge is 0.242 e. The topological polar surface area (TPSA) is 77.5 Å². The van der Waals surface area contributed by atoms with Crippen molar-refractivity contribution in [3.05, 3.63) is 22.4 Å². The maximum atomic E-state index is 12.2. The highest BCUT2D eigenvalue weighted by Crippen LogP contribution is 2.24. The highest BCUT2D eigenvalue weighted by molar-refractivity contribution is 7.89. The second kappa shape index (κ2) is 6.13. The molecule has 1 N–H and O–H groups in total. The van der Waals surface area contributed by atoms with Crippen LogP contribution in [0.4, 0.5) is 0 Å². The number of nitrogens with zero attached hydrogens (tertiary/aromatic N) is 1. The Balaban J connectivity index is 2.13. The van der Waals surface area contributed by atoms with Crippen LogP contribution in [0.1, 0.15) is 6.42 Å². The van der Waals surface area contributed by atoms with Crippen molar-refractivity contribution < 1.29 is 17.9 Å². The van der Waals surface area contributed by atoms with Gasteiger partial charge in [0, 0.05) is 32.9 Å². The number of halogens is 2. The maximum Gasteiger partial charge on any atom is 0.242 e. The zero-order valence-corrected chi connectivity index (χ0v) is 13.1. The average Bonchev–Trinajstić information content (AvgIpc) is 2.89. The molecule has 1 fully saturated rings. The molecule has 1 aliphatic rings. The van der Waals surface area contributed by atoms with Gasteiger partial charge in [-0.05, 0) is 6.07 Å². The molecule has 2 heterocycles. The van der Waals surface area contributed by atoms with Gasteiger partial charge in [-0.2, -0.15) is 0 Å². The fraction of sp³-hybridized carbons (Fsp3) is 0.545. The second-order valence-corrected chi connectivity index (χ2v) is 6.99. The highest BCUT2D eigenvalue weighted by Gasteiger charge is 2.36. The minimum absolute atomic E-state index is 0.0444. The molecule has 20 heavy (non-hydrogen) atoms. The lowest BCUT2D eigenvalue weighted by Gasteiger charge is -2.25. The molecule has 1 aliphatic heterocycles. The van der Waals surface area contributed by atoms with Crippen LogP contribution in [0.15, 0.2) is 17.2 Å². The standard InChI is InChI=1S/C11H14Cl2N2O4S/c1-18-11(2-3-19-7-11)6-15-20(16,17)8-4-9(12)10(13)14-5-8/h4-5,15H,2-3,6-7H2,1H3. The summed E-state index contributed by atoms with van der Waals surface area (Å²) in [6.45, 7) is 1.02. The van der Waals surface area contributed by atoms with Gasteiger partial charge in [0.2, 0.25) is 10.0 Å². The molecule has 0 radical (unpaired) electrons. The van der Waals surface area contributed by atoms with Crippen molar-refractivity contribution >= 4 is 33.2 Å². The Morgan fingerprint density at radius 1 is 1.55 bits per heavy atom. The summed E-state index contributed by atoms with van der Waals surface area (Å²) in [5.74, 6) is 0. The minimum Gasteiger partial charge on any atom is -0.378 e. The van der Waals surface area contributed by atoms with E-state index >= 15 is 0 Å². The summed E-state index contributed by atoms with van der Waals surface area (Å²) < 4.78 is 37.4. The molecule has 1 atom stereocenters. The van der Waals surface area contributed by atoms with Crippen molar-refractivity contribution in [1.82, 2.24) is 9.71 Å². The quantitative estimate of drug-likeness (QED) is 0.821. The van der Waals surface area contributed by atoms with E-state index in [1.807, 2.05) is 0 Å². The Morgan fingerprint density at radius 2 is 2.30 bits per heavy atom. The number of pyridine rings is 1. The van der Waals surface area contributed by atoms with E-state index < -0.39 is 15.6 Å². The first-order valence-electron chi connectivity index (χ1n) is 5.82. The summed E-state index contributed by atoms with van der Waals surface area (Å²) in [6, 6.07) is 1.25. The molecule has 1 aromatic rings. The SMILES string of the molecule is COC1(CNS(=O)(=O)c2cnc(Cl)c(Cl)c2)CCOC1. The van der Waals surface area contributed by atoms with Crippen LogP contribution in [0, 0.1) is 0 Å². The van der Waals surface area contributed by atoms with Gasteiger partial charge in [-0.1, -0.05) is 23.2 Å². The van der Waals surface area contributed by atoms with Crippen molar-refractivity contribution in [3.8, 4) is 0 Å². The predicted octanol–water partition coefficient (Wildman–Crippen LogP) is 1.47. The van der Waals surface area contributed by atoms with Crippen molar-refractivity contribution in [2.45, 2.75) is 16.9 Å². The van der Waals surface area contributed by atoms with Gasteiger partial charge >= 0.3 is 0 Å². The van der Waals surface area contributed by atoms with Gasteiger partial charge in [-0.15, -0.1) is 0 Å². The zero-order valence-electron chi connectivity index (χ0n) is 10.7. The first-order chi connectivity index (χ1) is 9.38. The number of hydrogen-bond acceptors (Lipinski definition) is 5. The molecular weight excluding hydrogens is 327 g/mol. The predicted molar refractivity (Wildman–Crippen MR) is 74.6 cm³/mol. The largest absolute Gasteiger partial charge is 0.378 e. The summed E-state index contributed by atoms with van der Waals surface area (Å²) >= 11 is 11.4. The van der Waals surface area contributed by atoms with E-state index in [2.05, 4.69) is 9.71 Å². The molecule has 112 valence electrons. The Morgan fingerprint density at radius 3 is 2.85 bits per heavy atom. The van der Waals surface area contributed by atoms with Crippen LogP contribution in [-0.4, -0.2) is 45.9 Å². The van der Waals surface area contributed by atoms with E-state index in [-0.39, 0.29) is 21.6 Å². The third-order valence-electron chi connectivity index (χ3n) is 3.17. The minimum atomic E-state index is -3.73. The van der Waals surface area contributed by atoms with E-state index in [0.29, 0.717) is 19.6 Å². The molecule has 1 saturated heterocycles. The summed E-state index contributed by atoms with van der Waals surface area (Å²) in [7, 11) is -2.19. The maximum absolute atomic E-state index is 12.2. The monoisotopic (exact) mass is 340 g/mol. The van der Waals surface area contributed by atoms with Gasteiger partial charge in [0.15, 0.2) is 0 Å².